The van der Waals surface area contributed by atoms with Crippen molar-refractivity contribution in [2.75, 3.05) is 38.7 Å². The minimum Gasteiger partial charge on any atom is -0.479 e. The topological polar surface area (TPSA) is 110 Å². The zero-order chi connectivity index (χ0) is 21.8. The van der Waals surface area contributed by atoms with E-state index < -0.39 is 5.60 Å². The molecule has 2 aromatic rings. The second-order valence-corrected chi connectivity index (χ2v) is 8.08. The lowest BCUT2D eigenvalue weighted by atomic mass is 9.89. The molecule has 2 aliphatic heterocycles. The number of carbonyl (C=O) groups is 1. The summed E-state index contributed by atoms with van der Waals surface area (Å²) >= 11 is 0. The van der Waals surface area contributed by atoms with E-state index in [4.69, 9.17) is 15.9 Å². The summed E-state index contributed by atoms with van der Waals surface area (Å²) in [5.41, 5.74) is 1.38. The Balaban J connectivity index is 1.52. The molecule has 2 aliphatic rings. The zero-order valence-corrected chi connectivity index (χ0v) is 17.6. The molecule has 0 radical (unpaired) electrons. The van der Waals surface area contributed by atoms with E-state index in [1.165, 1.54) is 7.11 Å². The number of likely N-dealkylation sites (tertiary alicyclic amines) is 1. The standard InChI is InChI=1S/C22H27N5O4/c1-3-6-22(29)7-9-27(10-8-22)21(28)26-17-14-23-18-16(15-4-11-31-12-5-15)13-24-20(30-2)19(18)25-17/h1,13-15,29H,4-12H2,2H3,(H,25,26,28). The number of anilines is 1. The molecule has 4 heterocycles. The van der Waals surface area contributed by atoms with E-state index in [-0.39, 0.29) is 6.03 Å². The maximum atomic E-state index is 12.7. The van der Waals surface area contributed by atoms with Gasteiger partial charge in [0.1, 0.15) is 0 Å². The molecule has 0 aromatic carbocycles. The largest absolute Gasteiger partial charge is 0.479 e. The fourth-order valence-corrected chi connectivity index (χ4v) is 4.20. The van der Waals surface area contributed by atoms with Crippen LogP contribution < -0.4 is 10.1 Å². The van der Waals surface area contributed by atoms with Gasteiger partial charge in [0.15, 0.2) is 11.3 Å². The molecule has 2 N–H and O–H groups in total. The number of methoxy groups -OCH3 is 1. The van der Waals surface area contributed by atoms with Gasteiger partial charge in [-0.1, -0.05) is 0 Å². The van der Waals surface area contributed by atoms with Gasteiger partial charge in [0.25, 0.3) is 0 Å². The number of hydrogen-bond donors (Lipinski definition) is 2. The number of hydrogen-bond acceptors (Lipinski definition) is 7. The lowest BCUT2D eigenvalue weighted by Crippen LogP contribution is -2.47. The van der Waals surface area contributed by atoms with E-state index in [0.29, 0.717) is 68.7 Å². The second-order valence-electron chi connectivity index (χ2n) is 8.08. The van der Waals surface area contributed by atoms with Gasteiger partial charge in [0.2, 0.25) is 5.88 Å². The summed E-state index contributed by atoms with van der Waals surface area (Å²) in [4.78, 5) is 27.9. The van der Waals surface area contributed by atoms with Crippen molar-refractivity contribution in [1.82, 2.24) is 19.9 Å². The van der Waals surface area contributed by atoms with Crippen molar-refractivity contribution in [3.63, 3.8) is 0 Å². The fraction of sp³-hybridized carbons (Fsp3) is 0.545. The Kier molecular flexibility index (Phi) is 6.20. The van der Waals surface area contributed by atoms with Crippen LogP contribution in [-0.2, 0) is 4.74 Å². The van der Waals surface area contributed by atoms with Crippen LogP contribution in [0, 0.1) is 12.3 Å². The van der Waals surface area contributed by atoms with Crippen LogP contribution in [0.25, 0.3) is 11.0 Å². The fourth-order valence-electron chi connectivity index (χ4n) is 4.20. The number of ether oxygens (including phenoxy) is 2. The Morgan fingerprint density at radius 2 is 2.06 bits per heavy atom. The summed E-state index contributed by atoms with van der Waals surface area (Å²) < 4.78 is 10.9. The molecule has 2 saturated heterocycles. The van der Waals surface area contributed by atoms with E-state index in [9.17, 15) is 9.90 Å². The van der Waals surface area contributed by atoms with Gasteiger partial charge >= 0.3 is 6.03 Å². The Hall–Kier alpha value is -2.96. The minimum absolute atomic E-state index is 0.288. The third kappa shape index (κ3) is 4.55. The Bertz CT molecular complexity index is 991. The number of fused-ring (bicyclic) bond motifs is 1. The third-order valence-corrected chi connectivity index (χ3v) is 6.07. The third-order valence-electron chi connectivity index (χ3n) is 6.07. The van der Waals surface area contributed by atoms with Crippen LogP contribution in [0.2, 0.25) is 0 Å². The van der Waals surface area contributed by atoms with Gasteiger partial charge in [0.05, 0.1) is 24.4 Å². The molecule has 0 spiro atoms. The van der Waals surface area contributed by atoms with Gasteiger partial charge in [-0.15, -0.1) is 12.3 Å². The highest BCUT2D eigenvalue weighted by molar-refractivity contribution is 5.90. The van der Waals surface area contributed by atoms with E-state index >= 15 is 0 Å². The van der Waals surface area contributed by atoms with Crippen molar-refractivity contribution in [1.29, 1.82) is 0 Å². The number of urea groups is 1. The zero-order valence-electron chi connectivity index (χ0n) is 17.6. The van der Waals surface area contributed by atoms with Crippen molar-refractivity contribution < 1.29 is 19.4 Å². The molecular formula is C22H27N5O4. The molecule has 9 nitrogen and oxygen atoms in total. The minimum atomic E-state index is -0.895. The SMILES string of the molecule is C#CCC1(O)CCN(C(=O)Nc2cnc3c(C4CCOCC4)cnc(OC)c3n2)CC1. The molecule has 4 rings (SSSR count). The Labute approximate surface area is 181 Å². The number of rotatable bonds is 4. The molecule has 0 unspecified atom stereocenters. The molecule has 2 fully saturated rings. The van der Waals surface area contributed by atoms with Crippen molar-refractivity contribution in [2.45, 2.75) is 43.6 Å². The Morgan fingerprint density at radius 1 is 1.32 bits per heavy atom. The molecule has 164 valence electrons. The molecule has 2 amide bonds. The van der Waals surface area contributed by atoms with Crippen LogP contribution in [0.15, 0.2) is 12.4 Å². The van der Waals surface area contributed by atoms with E-state index in [0.717, 1.165) is 23.9 Å². The van der Waals surface area contributed by atoms with Crippen molar-refractivity contribution in [3.05, 3.63) is 18.0 Å². The monoisotopic (exact) mass is 425 g/mol. The van der Waals surface area contributed by atoms with Crippen molar-refractivity contribution in [2.24, 2.45) is 0 Å². The smallest absolute Gasteiger partial charge is 0.323 e. The number of carbonyl (C=O) groups excluding carboxylic acids is 1. The number of nitrogens with zero attached hydrogens (tertiary/aromatic N) is 4. The number of nitrogens with one attached hydrogen (secondary N) is 1. The van der Waals surface area contributed by atoms with Crippen molar-refractivity contribution in [3.8, 4) is 18.2 Å². The molecule has 31 heavy (non-hydrogen) atoms. The van der Waals surface area contributed by atoms with E-state index in [2.05, 4.69) is 26.2 Å². The van der Waals surface area contributed by atoms with Gasteiger partial charge < -0.3 is 19.5 Å². The van der Waals surface area contributed by atoms with E-state index in [1.807, 2.05) is 0 Å². The highest BCUT2D eigenvalue weighted by Gasteiger charge is 2.33. The molecule has 0 aliphatic carbocycles. The number of pyridine rings is 1. The molecular weight excluding hydrogens is 398 g/mol. The highest BCUT2D eigenvalue weighted by Crippen LogP contribution is 2.33. The number of aromatic nitrogens is 3. The number of amides is 2. The molecule has 9 heteroatoms. The van der Waals surface area contributed by atoms with Gasteiger partial charge in [-0.2, -0.15) is 0 Å². The second kappa shape index (κ2) is 9.04. The van der Waals surface area contributed by atoms with Crippen LogP contribution in [0.1, 0.15) is 43.6 Å². The highest BCUT2D eigenvalue weighted by atomic mass is 16.5. The Morgan fingerprint density at radius 3 is 2.74 bits per heavy atom. The molecule has 0 saturated carbocycles. The predicted octanol–water partition coefficient (Wildman–Crippen LogP) is 2.31. The summed E-state index contributed by atoms with van der Waals surface area (Å²) in [5.74, 6) is 3.50. The average Bonchev–Trinajstić information content (AvgIpc) is 2.79. The first-order valence-electron chi connectivity index (χ1n) is 10.5. The predicted molar refractivity (Wildman–Crippen MR) is 115 cm³/mol. The summed E-state index contributed by atoms with van der Waals surface area (Å²) in [6.45, 7) is 2.27. The normalized spacial score (nSPS) is 19.1. The first kappa shape index (κ1) is 21.3. The summed E-state index contributed by atoms with van der Waals surface area (Å²) in [6, 6.07) is -0.288. The molecule has 2 aromatic heterocycles. The number of piperidine rings is 1. The van der Waals surface area contributed by atoms with Gasteiger partial charge in [-0.3, -0.25) is 10.3 Å². The average molecular weight is 425 g/mol. The van der Waals surface area contributed by atoms with E-state index in [1.54, 1.807) is 17.3 Å². The quantitative estimate of drug-likeness (QED) is 0.724. The molecule has 0 bridgehead atoms. The number of aliphatic hydroxyl groups is 1. The van der Waals surface area contributed by atoms with Crippen LogP contribution >= 0.6 is 0 Å². The lowest BCUT2D eigenvalue weighted by molar-refractivity contribution is -0.00643. The van der Waals surface area contributed by atoms with Crippen LogP contribution in [0.5, 0.6) is 5.88 Å². The van der Waals surface area contributed by atoms with Gasteiger partial charge in [-0.25, -0.2) is 14.8 Å². The first-order chi connectivity index (χ1) is 15.0. The maximum absolute atomic E-state index is 12.7. The van der Waals surface area contributed by atoms with Gasteiger partial charge in [-0.05, 0) is 31.6 Å². The lowest BCUT2D eigenvalue weighted by Gasteiger charge is -2.37. The van der Waals surface area contributed by atoms with Crippen LogP contribution in [0.3, 0.4) is 0 Å². The van der Waals surface area contributed by atoms with Crippen LogP contribution in [0.4, 0.5) is 10.6 Å². The summed E-state index contributed by atoms with van der Waals surface area (Å²) in [6.07, 6.45) is 11.7. The van der Waals surface area contributed by atoms with Crippen molar-refractivity contribution >= 4 is 22.9 Å². The van der Waals surface area contributed by atoms with Crippen LogP contribution in [-0.4, -0.2) is 70.0 Å². The summed E-state index contributed by atoms with van der Waals surface area (Å²) in [5, 5.41) is 13.2. The summed E-state index contributed by atoms with van der Waals surface area (Å²) in [7, 11) is 1.54. The first-order valence-corrected chi connectivity index (χ1v) is 10.5. The van der Waals surface area contributed by atoms with Gasteiger partial charge in [0, 0.05) is 44.5 Å². The number of terminal acetylenes is 1. The maximum Gasteiger partial charge on any atom is 0.323 e. The molecule has 0 atom stereocenters.